The van der Waals surface area contributed by atoms with Gasteiger partial charge in [0.1, 0.15) is 0 Å². The fraction of sp³-hybridized carbons (Fsp3) is 0.286. The third kappa shape index (κ3) is 3.04. The molecule has 1 heterocycles. The lowest BCUT2D eigenvalue weighted by Crippen LogP contribution is -2.14. The molecule has 1 aromatic carbocycles. The largest absolute Gasteiger partial charge is 0.320 e. The van der Waals surface area contributed by atoms with Crippen LogP contribution in [0.25, 0.3) is 0 Å². The van der Waals surface area contributed by atoms with Crippen molar-refractivity contribution in [1.82, 2.24) is 9.78 Å². The summed E-state index contributed by atoms with van der Waals surface area (Å²) in [6, 6.07) is 9.50. The fourth-order valence-corrected chi connectivity index (χ4v) is 2.21. The van der Waals surface area contributed by atoms with Crippen molar-refractivity contribution in [2.24, 2.45) is 7.05 Å². The number of nitrogens with zero attached hydrogens (tertiary/aromatic N) is 2. The second-order valence-corrected chi connectivity index (χ2v) is 5.83. The lowest BCUT2D eigenvalue weighted by atomic mass is 10.1. The van der Waals surface area contributed by atoms with Crippen molar-refractivity contribution in [3.63, 3.8) is 0 Å². The molecule has 1 N–H and O–H groups in total. The van der Waals surface area contributed by atoms with Gasteiger partial charge in [0.15, 0.2) is 5.69 Å². The first-order valence-corrected chi connectivity index (χ1v) is 6.95. The lowest BCUT2D eigenvalue weighted by Gasteiger charge is -2.11. The van der Waals surface area contributed by atoms with Gasteiger partial charge in [-0.3, -0.25) is 9.48 Å². The van der Waals surface area contributed by atoms with Crippen LogP contribution in [0.2, 0.25) is 0 Å². The van der Waals surface area contributed by atoms with Gasteiger partial charge < -0.3 is 5.32 Å². The molecule has 1 unspecified atom stereocenters. The average molecular weight is 322 g/mol. The van der Waals surface area contributed by atoms with Crippen LogP contribution in [0.5, 0.6) is 0 Å². The van der Waals surface area contributed by atoms with E-state index >= 15 is 0 Å². The SMILES string of the molecule is Cc1cc(C(=O)Nc2ccccc2C(C)Br)nn1C. The molecule has 0 aliphatic heterocycles. The summed E-state index contributed by atoms with van der Waals surface area (Å²) in [4.78, 5) is 12.3. The number of nitrogens with one attached hydrogen (secondary N) is 1. The van der Waals surface area contributed by atoms with E-state index in [1.807, 2.05) is 45.2 Å². The number of aromatic nitrogens is 2. The number of para-hydroxylation sites is 1. The first kappa shape index (κ1) is 13.8. The summed E-state index contributed by atoms with van der Waals surface area (Å²) in [5.74, 6) is -0.190. The number of carbonyl (C=O) groups excluding carboxylic acids is 1. The van der Waals surface area contributed by atoms with E-state index in [1.165, 1.54) is 0 Å². The number of amides is 1. The molecule has 1 amide bonds. The Morgan fingerprint density at radius 3 is 2.68 bits per heavy atom. The van der Waals surface area contributed by atoms with E-state index in [4.69, 9.17) is 0 Å². The van der Waals surface area contributed by atoms with Gasteiger partial charge in [0.05, 0.1) is 0 Å². The Balaban J connectivity index is 2.24. The summed E-state index contributed by atoms with van der Waals surface area (Å²) in [5, 5.41) is 7.08. The van der Waals surface area contributed by atoms with Gasteiger partial charge in [0.2, 0.25) is 0 Å². The van der Waals surface area contributed by atoms with Gasteiger partial charge in [-0.15, -0.1) is 0 Å². The Morgan fingerprint density at radius 2 is 2.11 bits per heavy atom. The van der Waals surface area contributed by atoms with Crippen molar-refractivity contribution >= 4 is 27.5 Å². The van der Waals surface area contributed by atoms with E-state index in [1.54, 1.807) is 10.7 Å². The highest BCUT2D eigenvalue weighted by Gasteiger charge is 2.14. The predicted octanol–water partition coefficient (Wildman–Crippen LogP) is 3.44. The summed E-state index contributed by atoms with van der Waals surface area (Å²) in [5.41, 5.74) is 3.23. The van der Waals surface area contributed by atoms with Crippen LogP contribution < -0.4 is 5.32 Å². The van der Waals surface area contributed by atoms with E-state index in [9.17, 15) is 4.79 Å². The van der Waals surface area contributed by atoms with Gasteiger partial charge in [-0.05, 0) is 31.5 Å². The highest BCUT2D eigenvalue weighted by atomic mass is 79.9. The molecule has 0 saturated heterocycles. The van der Waals surface area contributed by atoms with Crippen LogP contribution in [0.4, 0.5) is 5.69 Å². The van der Waals surface area contributed by atoms with Crippen molar-refractivity contribution in [2.45, 2.75) is 18.7 Å². The van der Waals surface area contributed by atoms with Crippen molar-refractivity contribution in [3.8, 4) is 0 Å². The number of benzene rings is 1. The minimum Gasteiger partial charge on any atom is -0.320 e. The summed E-state index contributed by atoms with van der Waals surface area (Å²) in [6.07, 6.45) is 0. The van der Waals surface area contributed by atoms with Crippen LogP contribution >= 0.6 is 15.9 Å². The van der Waals surface area contributed by atoms with Crippen molar-refractivity contribution in [1.29, 1.82) is 0 Å². The number of rotatable bonds is 3. The molecule has 0 bridgehead atoms. The molecule has 2 aromatic rings. The zero-order valence-corrected chi connectivity index (χ0v) is 12.7. The van der Waals surface area contributed by atoms with Crippen LogP contribution in [-0.2, 0) is 7.05 Å². The molecule has 1 aromatic heterocycles. The topological polar surface area (TPSA) is 46.9 Å². The van der Waals surface area contributed by atoms with Crippen LogP contribution in [-0.4, -0.2) is 15.7 Å². The van der Waals surface area contributed by atoms with Gasteiger partial charge >= 0.3 is 0 Å². The highest BCUT2D eigenvalue weighted by Crippen LogP contribution is 2.28. The molecule has 1 atom stereocenters. The summed E-state index contributed by atoms with van der Waals surface area (Å²) in [6.45, 7) is 3.94. The number of aryl methyl sites for hydroxylation is 2. The van der Waals surface area contributed by atoms with Crippen LogP contribution in [0.3, 0.4) is 0 Å². The zero-order chi connectivity index (χ0) is 14.0. The van der Waals surface area contributed by atoms with Gasteiger partial charge in [0.25, 0.3) is 5.91 Å². The minimum atomic E-state index is -0.190. The summed E-state index contributed by atoms with van der Waals surface area (Å²) in [7, 11) is 1.82. The third-order valence-electron chi connectivity index (χ3n) is 2.98. The number of hydrogen-bond donors (Lipinski definition) is 1. The maximum atomic E-state index is 12.2. The van der Waals surface area contributed by atoms with E-state index in [0.717, 1.165) is 16.9 Å². The maximum absolute atomic E-state index is 12.2. The molecule has 4 nitrogen and oxygen atoms in total. The molecule has 5 heteroatoms. The molecule has 0 radical (unpaired) electrons. The molecule has 0 fully saturated rings. The van der Waals surface area contributed by atoms with Gasteiger partial charge in [-0.2, -0.15) is 5.10 Å². The number of carbonyl (C=O) groups is 1. The summed E-state index contributed by atoms with van der Waals surface area (Å²) < 4.78 is 1.69. The van der Waals surface area contributed by atoms with Gasteiger partial charge in [0, 0.05) is 23.3 Å². The Kier molecular flexibility index (Phi) is 4.04. The normalized spacial score (nSPS) is 12.2. The molecule has 19 heavy (non-hydrogen) atoms. The molecule has 0 saturated carbocycles. The first-order valence-electron chi connectivity index (χ1n) is 6.04. The first-order chi connectivity index (χ1) is 8.99. The monoisotopic (exact) mass is 321 g/mol. The number of anilines is 1. The number of halogens is 1. The van der Waals surface area contributed by atoms with Crippen LogP contribution in [0, 0.1) is 6.92 Å². The van der Waals surface area contributed by atoms with E-state index in [0.29, 0.717) is 5.69 Å². The van der Waals surface area contributed by atoms with E-state index < -0.39 is 0 Å². The predicted molar refractivity (Wildman–Crippen MR) is 79.7 cm³/mol. The molecule has 100 valence electrons. The number of hydrogen-bond acceptors (Lipinski definition) is 2. The Labute approximate surface area is 120 Å². The second-order valence-electron chi connectivity index (χ2n) is 4.45. The maximum Gasteiger partial charge on any atom is 0.276 e. The van der Waals surface area contributed by atoms with Gasteiger partial charge in [-0.1, -0.05) is 34.1 Å². The quantitative estimate of drug-likeness (QED) is 0.880. The van der Waals surface area contributed by atoms with Crippen molar-refractivity contribution in [3.05, 3.63) is 47.3 Å². The Morgan fingerprint density at radius 1 is 1.42 bits per heavy atom. The van der Waals surface area contributed by atoms with E-state index in [-0.39, 0.29) is 10.7 Å². The molecule has 2 rings (SSSR count). The molecular weight excluding hydrogens is 306 g/mol. The van der Waals surface area contributed by atoms with Crippen LogP contribution in [0.1, 0.15) is 33.5 Å². The van der Waals surface area contributed by atoms with E-state index in [2.05, 4.69) is 26.3 Å². The lowest BCUT2D eigenvalue weighted by molar-refractivity contribution is 0.102. The molecule has 0 spiro atoms. The Hall–Kier alpha value is -1.62. The van der Waals surface area contributed by atoms with Crippen LogP contribution in [0.15, 0.2) is 30.3 Å². The molecule has 0 aliphatic rings. The standard InChI is InChI=1S/C14H16BrN3O/c1-9-8-13(17-18(9)3)14(19)16-12-7-5-4-6-11(12)10(2)15/h4-8,10H,1-3H3,(H,16,19). The molecule has 0 aliphatic carbocycles. The number of alkyl halides is 1. The third-order valence-corrected chi connectivity index (χ3v) is 3.48. The summed E-state index contributed by atoms with van der Waals surface area (Å²) >= 11 is 3.52. The van der Waals surface area contributed by atoms with Gasteiger partial charge in [-0.25, -0.2) is 0 Å². The second kappa shape index (κ2) is 5.57. The van der Waals surface area contributed by atoms with Crippen molar-refractivity contribution in [2.75, 3.05) is 5.32 Å². The zero-order valence-electron chi connectivity index (χ0n) is 11.1. The smallest absolute Gasteiger partial charge is 0.276 e. The Bertz CT molecular complexity index is 585. The minimum absolute atomic E-state index is 0.175. The van der Waals surface area contributed by atoms with Crippen molar-refractivity contribution < 1.29 is 4.79 Å². The molecular formula is C14H16BrN3O. The average Bonchev–Trinajstić information content (AvgIpc) is 2.70. The highest BCUT2D eigenvalue weighted by molar-refractivity contribution is 9.09. The fourth-order valence-electron chi connectivity index (χ4n) is 1.82.